The molecular formula is C18H15N3O4. The SMILES string of the molecule is N#CC(=Cc1ccc(OCC(=O)O)cc1)C(=O)NCc1cccnc1. The minimum absolute atomic E-state index is 0.0388. The van der Waals surface area contributed by atoms with E-state index < -0.39 is 18.5 Å². The maximum atomic E-state index is 12.1. The van der Waals surface area contributed by atoms with Gasteiger partial charge in [0.15, 0.2) is 6.61 Å². The minimum atomic E-state index is -1.07. The standard InChI is InChI=1S/C18H15N3O4/c19-9-15(18(24)21-11-14-2-1-7-20-10-14)8-13-3-5-16(6-4-13)25-12-17(22)23/h1-8,10H,11-12H2,(H,21,24)(H,22,23). The molecule has 1 aromatic heterocycles. The fraction of sp³-hybridized carbons (Fsp3) is 0.111. The zero-order valence-corrected chi connectivity index (χ0v) is 13.2. The van der Waals surface area contributed by atoms with Gasteiger partial charge in [0, 0.05) is 18.9 Å². The molecule has 7 heteroatoms. The third kappa shape index (κ3) is 5.80. The number of benzene rings is 1. The molecule has 1 aromatic carbocycles. The highest BCUT2D eigenvalue weighted by Gasteiger charge is 2.09. The first-order chi connectivity index (χ1) is 12.1. The van der Waals surface area contributed by atoms with E-state index in [2.05, 4.69) is 10.3 Å². The fourth-order valence-electron chi connectivity index (χ4n) is 1.90. The number of aliphatic carboxylic acids is 1. The second kappa shape index (κ2) is 8.84. The van der Waals surface area contributed by atoms with Crippen LogP contribution in [0.4, 0.5) is 0 Å². The number of carboxylic acids is 1. The summed E-state index contributed by atoms with van der Waals surface area (Å²) < 4.78 is 5.02. The van der Waals surface area contributed by atoms with Crippen LogP contribution >= 0.6 is 0 Å². The fourth-order valence-corrected chi connectivity index (χ4v) is 1.90. The lowest BCUT2D eigenvalue weighted by molar-refractivity contribution is -0.139. The van der Waals surface area contributed by atoms with Gasteiger partial charge in [0.1, 0.15) is 17.4 Å². The number of nitriles is 1. The molecule has 2 N–H and O–H groups in total. The molecule has 0 radical (unpaired) electrons. The van der Waals surface area contributed by atoms with E-state index in [0.717, 1.165) is 5.56 Å². The molecule has 0 aliphatic heterocycles. The van der Waals surface area contributed by atoms with Crippen LogP contribution in [0.1, 0.15) is 11.1 Å². The van der Waals surface area contributed by atoms with Crippen molar-refractivity contribution in [2.75, 3.05) is 6.61 Å². The van der Waals surface area contributed by atoms with Gasteiger partial charge in [-0.15, -0.1) is 0 Å². The van der Waals surface area contributed by atoms with E-state index in [4.69, 9.17) is 9.84 Å². The summed E-state index contributed by atoms with van der Waals surface area (Å²) in [6, 6.07) is 11.8. The van der Waals surface area contributed by atoms with E-state index in [0.29, 0.717) is 11.3 Å². The molecule has 0 bridgehead atoms. The van der Waals surface area contributed by atoms with Gasteiger partial charge in [-0.05, 0) is 35.4 Å². The molecule has 0 fully saturated rings. The lowest BCUT2D eigenvalue weighted by atomic mass is 10.1. The number of hydrogen-bond acceptors (Lipinski definition) is 5. The van der Waals surface area contributed by atoms with Crippen molar-refractivity contribution < 1.29 is 19.4 Å². The number of carbonyl (C=O) groups excluding carboxylic acids is 1. The van der Waals surface area contributed by atoms with Gasteiger partial charge in [0.25, 0.3) is 5.91 Å². The summed E-state index contributed by atoms with van der Waals surface area (Å²) in [7, 11) is 0. The van der Waals surface area contributed by atoms with Crippen molar-refractivity contribution in [1.29, 1.82) is 5.26 Å². The van der Waals surface area contributed by atoms with Crippen LogP contribution in [0.25, 0.3) is 6.08 Å². The maximum Gasteiger partial charge on any atom is 0.341 e. The topological polar surface area (TPSA) is 112 Å². The van der Waals surface area contributed by atoms with Crippen LogP contribution < -0.4 is 10.1 Å². The zero-order valence-electron chi connectivity index (χ0n) is 13.2. The van der Waals surface area contributed by atoms with Gasteiger partial charge in [-0.25, -0.2) is 4.79 Å². The van der Waals surface area contributed by atoms with Crippen molar-refractivity contribution in [2.45, 2.75) is 6.54 Å². The molecule has 0 unspecified atom stereocenters. The van der Waals surface area contributed by atoms with Crippen LogP contribution in [0.5, 0.6) is 5.75 Å². The van der Waals surface area contributed by atoms with Gasteiger partial charge >= 0.3 is 5.97 Å². The molecule has 126 valence electrons. The van der Waals surface area contributed by atoms with Crippen molar-refractivity contribution in [1.82, 2.24) is 10.3 Å². The monoisotopic (exact) mass is 337 g/mol. The largest absolute Gasteiger partial charge is 0.482 e. The summed E-state index contributed by atoms with van der Waals surface area (Å²) in [6.07, 6.45) is 4.71. The van der Waals surface area contributed by atoms with Gasteiger partial charge in [0.2, 0.25) is 0 Å². The Bertz CT molecular complexity index is 808. The Hall–Kier alpha value is -3.66. The number of hydrogen-bond donors (Lipinski definition) is 2. The van der Waals surface area contributed by atoms with E-state index in [1.54, 1.807) is 42.7 Å². The van der Waals surface area contributed by atoms with E-state index >= 15 is 0 Å². The molecule has 25 heavy (non-hydrogen) atoms. The smallest absolute Gasteiger partial charge is 0.341 e. The Kier molecular flexibility index (Phi) is 6.25. The predicted molar refractivity (Wildman–Crippen MR) is 89.2 cm³/mol. The lowest BCUT2D eigenvalue weighted by Crippen LogP contribution is -2.23. The minimum Gasteiger partial charge on any atom is -0.482 e. The predicted octanol–water partition coefficient (Wildman–Crippen LogP) is 1.77. The average molecular weight is 337 g/mol. The molecule has 0 aliphatic rings. The Morgan fingerprint density at radius 2 is 2.04 bits per heavy atom. The number of ether oxygens (including phenoxy) is 1. The number of rotatable bonds is 7. The van der Waals surface area contributed by atoms with Crippen LogP contribution in [-0.4, -0.2) is 28.6 Å². The molecule has 0 atom stereocenters. The number of amides is 1. The van der Waals surface area contributed by atoms with Crippen LogP contribution in [0, 0.1) is 11.3 Å². The summed E-state index contributed by atoms with van der Waals surface area (Å²) in [5.41, 5.74) is 1.41. The lowest BCUT2D eigenvalue weighted by Gasteiger charge is -2.05. The molecule has 1 amide bonds. The number of pyridine rings is 1. The molecule has 1 heterocycles. The number of nitrogens with zero attached hydrogens (tertiary/aromatic N) is 2. The first-order valence-corrected chi connectivity index (χ1v) is 7.32. The number of carboxylic acid groups (broad SMARTS) is 1. The van der Waals surface area contributed by atoms with Crippen LogP contribution in [0.3, 0.4) is 0 Å². The second-order valence-corrected chi connectivity index (χ2v) is 4.97. The summed E-state index contributed by atoms with van der Waals surface area (Å²) in [6.45, 7) is -0.164. The van der Waals surface area contributed by atoms with Gasteiger partial charge in [0.05, 0.1) is 0 Å². The van der Waals surface area contributed by atoms with Crippen molar-refractivity contribution >= 4 is 18.0 Å². The first-order valence-electron chi connectivity index (χ1n) is 7.32. The highest BCUT2D eigenvalue weighted by Crippen LogP contribution is 2.14. The number of carbonyl (C=O) groups is 2. The second-order valence-electron chi connectivity index (χ2n) is 4.97. The van der Waals surface area contributed by atoms with Gasteiger partial charge in [-0.1, -0.05) is 18.2 Å². The Balaban J connectivity index is 2.00. The third-order valence-corrected chi connectivity index (χ3v) is 3.09. The third-order valence-electron chi connectivity index (χ3n) is 3.09. The maximum absolute atomic E-state index is 12.1. The quantitative estimate of drug-likeness (QED) is 0.588. The van der Waals surface area contributed by atoms with Crippen LogP contribution in [0.2, 0.25) is 0 Å². The van der Waals surface area contributed by atoms with Crippen LogP contribution in [-0.2, 0) is 16.1 Å². The van der Waals surface area contributed by atoms with Crippen molar-refractivity contribution in [3.05, 3.63) is 65.5 Å². The molecule has 0 aliphatic carbocycles. The molecule has 2 rings (SSSR count). The molecule has 0 spiro atoms. The molecule has 0 saturated heterocycles. The Labute approximate surface area is 144 Å². The summed E-state index contributed by atoms with van der Waals surface area (Å²) in [5.74, 6) is -1.17. The van der Waals surface area contributed by atoms with Gasteiger partial charge in [-0.2, -0.15) is 5.26 Å². The van der Waals surface area contributed by atoms with Crippen molar-refractivity contribution in [2.24, 2.45) is 0 Å². The highest BCUT2D eigenvalue weighted by atomic mass is 16.5. The first kappa shape index (κ1) is 17.7. The number of nitrogens with one attached hydrogen (secondary N) is 1. The number of aromatic nitrogens is 1. The normalized spacial score (nSPS) is 10.6. The van der Waals surface area contributed by atoms with Gasteiger partial charge in [-0.3, -0.25) is 9.78 Å². The van der Waals surface area contributed by atoms with E-state index in [1.165, 1.54) is 6.08 Å². The van der Waals surface area contributed by atoms with Crippen molar-refractivity contribution in [3.63, 3.8) is 0 Å². The molecular weight excluding hydrogens is 322 g/mol. The molecule has 0 saturated carbocycles. The van der Waals surface area contributed by atoms with Crippen molar-refractivity contribution in [3.8, 4) is 11.8 Å². The Morgan fingerprint density at radius 3 is 2.64 bits per heavy atom. The van der Waals surface area contributed by atoms with E-state index in [1.807, 2.05) is 12.1 Å². The Morgan fingerprint density at radius 1 is 1.28 bits per heavy atom. The summed E-state index contributed by atoms with van der Waals surface area (Å²) in [5, 5.41) is 20.4. The van der Waals surface area contributed by atoms with E-state index in [9.17, 15) is 14.9 Å². The summed E-state index contributed by atoms with van der Waals surface area (Å²) >= 11 is 0. The van der Waals surface area contributed by atoms with Crippen LogP contribution in [0.15, 0.2) is 54.4 Å². The van der Waals surface area contributed by atoms with Gasteiger partial charge < -0.3 is 15.2 Å². The van der Waals surface area contributed by atoms with E-state index in [-0.39, 0.29) is 12.1 Å². The average Bonchev–Trinajstić information content (AvgIpc) is 2.64. The molecule has 7 nitrogen and oxygen atoms in total. The summed E-state index contributed by atoms with van der Waals surface area (Å²) in [4.78, 5) is 26.5. The zero-order chi connectivity index (χ0) is 18.1. The highest BCUT2D eigenvalue weighted by molar-refractivity contribution is 6.01. The molecule has 2 aromatic rings.